The zero-order valence-corrected chi connectivity index (χ0v) is 19.4. The standard InChI is InChI=1S/C24H24ClF3N4O3/c25-23(35-24(26,27)28)14-18(9-10-19(23)17-6-2-1-3-7-17)30-22(34)20-8-4-5-12-32(20)21(33)15-31-13-11-29-16-31/h1-3,6-7,9-11,13,16,20H,4-5,8,12,14-15H2,(H,30,34)/t20-,23?/m1/s1. The lowest BCUT2D eigenvalue weighted by atomic mass is 9.92. The molecular formula is C24H24ClF3N4O3. The first-order valence-corrected chi connectivity index (χ1v) is 11.5. The van der Waals surface area contributed by atoms with Crippen molar-refractivity contribution in [3.8, 4) is 0 Å². The van der Waals surface area contributed by atoms with Gasteiger partial charge in [-0.2, -0.15) is 0 Å². The van der Waals surface area contributed by atoms with E-state index >= 15 is 0 Å². The molecule has 2 amide bonds. The number of carbonyl (C=O) groups is 2. The monoisotopic (exact) mass is 508 g/mol. The van der Waals surface area contributed by atoms with Crippen LogP contribution in [0.5, 0.6) is 0 Å². The fourth-order valence-electron chi connectivity index (χ4n) is 4.37. The van der Waals surface area contributed by atoms with Crippen molar-refractivity contribution >= 4 is 29.0 Å². The number of rotatable bonds is 6. The van der Waals surface area contributed by atoms with Gasteiger partial charge in [0.2, 0.25) is 11.8 Å². The molecule has 0 spiro atoms. The van der Waals surface area contributed by atoms with Gasteiger partial charge < -0.3 is 14.8 Å². The van der Waals surface area contributed by atoms with E-state index in [4.69, 9.17) is 11.6 Å². The lowest BCUT2D eigenvalue weighted by Gasteiger charge is -2.37. The van der Waals surface area contributed by atoms with Gasteiger partial charge in [-0.25, -0.2) is 4.98 Å². The Kier molecular flexibility index (Phi) is 7.32. The summed E-state index contributed by atoms with van der Waals surface area (Å²) >= 11 is 6.41. The summed E-state index contributed by atoms with van der Waals surface area (Å²) in [5.41, 5.74) is 0.767. The molecule has 2 aromatic rings. The minimum absolute atomic E-state index is 0.0415. The predicted octanol–water partition coefficient (Wildman–Crippen LogP) is 4.22. The number of carbonyl (C=O) groups excluding carboxylic acids is 2. The van der Waals surface area contributed by atoms with E-state index in [9.17, 15) is 22.8 Å². The summed E-state index contributed by atoms with van der Waals surface area (Å²) in [7, 11) is 0. The third kappa shape index (κ3) is 6.12. The van der Waals surface area contributed by atoms with Gasteiger partial charge in [-0.15, -0.1) is 13.2 Å². The second-order valence-corrected chi connectivity index (χ2v) is 9.02. The lowest BCUT2D eigenvalue weighted by molar-refractivity contribution is -0.342. The average Bonchev–Trinajstić information content (AvgIpc) is 3.31. The number of alkyl halides is 4. The highest BCUT2D eigenvalue weighted by Gasteiger charge is 2.47. The zero-order valence-electron chi connectivity index (χ0n) is 18.7. The second-order valence-electron chi connectivity index (χ2n) is 8.41. The molecule has 0 bridgehead atoms. The van der Waals surface area contributed by atoms with Crippen molar-refractivity contribution in [2.45, 2.75) is 49.7 Å². The molecule has 1 aliphatic carbocycles. The Labute approximate surface area is 205 Å². The number of nitrogens with one attached hydrogen (secondary N) is 1. The minimum Gasteiger partial charge on any atom is -0.329 e. The van der Waals surface area contributed by atoms with E-state index in [2.05, 4.69) is 15.0 Å². The summed E-state index contributed by atoms with van der Waals surface area (Å²) in [6.07, 6.45) is 4.20. The average molecular weight is 509 g/mol. The van der Waals surface area contributed by atoms with E-state index in [0.29, 0.717) is 18.5 Å². The molecule has 11 heteroatoms. The number of aromatic nitrogens is 2. The van der Waals surface area contributed by atoms with Gasteiger partial charge in [-0.3, -0.25) is 14.3 Å². The number of amides is 2. The Morgan fingerprint density at radius 3 is 2.66 bits per heavy atom. The molecule has 1 unspecified atom stereocenters. The molecule has 2 aliphatic rings. The van der Waals surface area contributed by atoms with Crippen LogP contribution in [-0.2, 0) is 20.9 Å². The summed E-state index contributed by atoms with van der Waals surface area (Å²) < 4.78 is 45.7. The second kappa shape index (κ2) is 10.2. The maximum Gasteiger partial charge on any atom is 0.524 e. The molecule has 1 aliphatic heterocycles. The molecule has 1 saturated heterocycles. The number of imidazole rings is 1. The maximum atomic E-state index is 13.3. The molecule has 35 heavy (non-hydrogen) atoms. The van der Waals surface area contributed by atoms with Crippen LogP contribution < -0.4 is 5.32 Å². The Morgan fingerprint density at radius 2 is 1.97 bits per heavy atom. The highest BCUT2D eigenvalue weighted by atomic mass is 35.5. The molecule has 2 atom stereocenters. The molecule has 7 nitrogen and oxygen atoms in total. The number of benzene rings is 1. The number of ether oxygens (including phenoxy) is 1. The van der Waals surface area contributed by atoms with Crippen LogP contribution in [0.1, 0.15) is 31.2 Å². The summed E-state index contributed by atoms with van der Waals surface area (Å²) in [5, 5.41) is 0.415. The van der Waals surface area contributed by atoms with E-state index in [-0.39, 0.29) is 23.7 Å². The molecule has 1 N–H and O–H groups in total. The van der Waals surface area contributed by atoms with Gasteiger partial charge in [0.25, 0.3) is 0 Å². The minimum atomic E-state index is -5.00. The Morgan fingerprint density at radius 1 is 1.20 bits per heavy atom. The summed E-state index contributed by atoms with van der Waals surface area (Å²) in [6.45, 7) is 0.458. The molecule has 4 rings (SSSR count). The van der Waals surface area contributed by atoms with Crippen LogP contribution in [0.15, 0.2) is 66.9 Å². The van der Waals surface area contributed by atoms with Crippen molar-refractivity contribution in [1.29, 1.82) is 0 Å². The quantitative estimate of drug-likeness (QED) is 0.593. The number of nitrogens with zero attached hydrogens (tertiary/aromatic N) is 3. The van der Waals surface area contributed by atoms with Crippen molar-refractivity contribution in [2.75, 3.05) is 6.54 Å². The molecule has 1 aromatic heterocycles. The van der Waals surface area contributed by atoms with E-state index < -0.39 is 29.8 Å². The van der Waals surface area contributed by atoms with Crippen LogP contribution >= 0.6 is 11.6 Å². The summed E-state index contributed by atoms with van der Waals surface area (Å²) in [6, 6.07) is 7.62. The summed E-state index contributed by atoms with van der Waals surface area (Å²) in [4.78, 5) is 31.4. The van der Waals surface area contributed by atoms with Crippen molar-refractivity contribution in [1.82, 2.24) is 19.8 Å². The Balaban J connectivity index is 1.53. The highest BCUT2D eigenvalue weighted by molar-refractivity contribution is 6.29. The smallest absolute Gasteiger partial charge is 0.329 e. The van der Waals surface area contributed by atoms with Gasteiger partial charge in [0.1, 0.15) is 12.6 Å². The molecule has 186 valence electrons. The van der Waals surface area contributed by atoms with Gasteiger partial charge in [-0.1, -0.05) is 48.0 Å². The number of halogens is 4. The van der Waals surface area contributed by atoms with Crippen molar-refractivity contribution in [3.05, 3.63) is 72.5 Å². The molecule has 2 heterocycles. The molecule has 0 radical (unpaired) electrons. The van der Waals surface area contributed by atoms with Crippen LogP contribution in [-0.4, -0.2) is 50.3 Å². The lowest BCUT2D eigenvalue weighted by Crippen LogP contribution is -2.53. The number of piperidine rings is 1. The van der Waals surface area contributed by atoms with Gasteiger partial charge in [-0.05, 0) is 30.9 Å². The first-order chi connectivity index (χ1) is 16.6. The van der Waals surface area contributed by atoms with Crippen molar-refractivity contribution < 1.29 is 27.5 Å². The van der Waals surface area contributed by atoms with Crippen LogP contribution in [0.3, 0.4) is 0 Å². The van der Waals surface area contributed by atoms with Crippen molar-refractivity contribution in [3.63, 3.8) is 0 Å². The van der Waals surface area contributed by atoms with Crippen LogP contribution in [0, 0.1) is 0 Å². The molecule has 1 fully saturated rings. The first-order valence-electron chi connectivity index (χ1n) is 11.1. The highest BCUT2D eigenvalue weighted by Crippen LogP contribution is 2.45. The number of allylic oxidation sites excluding steroid dienone is 2. The molecule has 0 saturated carbocycles. The zero-order chi connectivity index (χ0) is 25.1. The normalized spacial score (nSPS) is 22.9. The van der Waals surface area contributed by atoms with Crippen LogP contribution in [0.4, 0.5) is 13.2 Å². The Hall–Kier alpha value is -3.11. The number of hydrogen-bond donors (Lipinski definition) is 1. The SMILES string of the molecule is O=C(NC1=CC=C(c2ccccc2)C(Cl)(OC(F)(F)F)C1)[C@H]1CCCCN1C(=O)Cn1ccnc1. The fraction of sp³-hybridized carbons (Fsp3) is 0.375. The van der Waals surface area contributed by atoms with Crippen molar-refractivity contribution in [2.24, 2.45) is 0 Å². The van der Waals surface area contributed by atoms with Gasteiger partial charge in [0.15, 0.2) is 5.06 Å². The summed E-state index contributed by atoms with van der Waals surface area (Å²) in [5.74, 6) is -0.712. The molecular weight excluding hydrogens is 485 g/mol. The largest absolute Gasteiger partial charge is 0.524 e. The first kappa shape index (κ1) is 25.0. The van der Waals surface area contributed by atoms with E-state index in [0.717, 1.165) is 12.8 Å². The van der Waals surface area contributed by atoms with E-state index in [1.165, 1.54) is 23.4 Å². The van der Waals surface area contributed by atoms with Gasteiger partial charge >= 0.3 is 6.36 Å². The molecule has 1 aromatic carbocycles. The van der Waals surface area contributed by atoms with E-state index in [1.54, 1.807) is 47.3 Å². The third-order valence-electron chi connectivity index (χ3n) is 5.92. The third-order valence-corrected chi connectivity index (χ3v) is 6.33. The Bertz CT molecular complexity index is 1120. The number of likely N-dealkylation sites (tertiary alicyclic amines) is 1. The maximum absolute atomic E-state index is 13.3. The topological polar surface area (TPSA) is 76.5 Å². The predicted molar refractivity (Wildman–Crippen MR) is 123 cm³/mol. The van der Waals surface area contributed by atoms with E-state index in [1.807, 2.05) is 0 Å². The fourth-order valence-corrected chi connectivity index (χ4v) is 4.77. The van der Waals surface area contributed by atoms with Crippen LogP contribution in [0.2, 0.25) is 0 Å². The number of hydrogen-bond acceptors (Lipinski definition) is 4. The van der Waals surface area contributed by atoms with Crippen LogP contribution in [0.25, 0.3) is 5.57 Å². The van der Waals surface area contributed by atoms with Gasteiger partial charge in [0, 0.05) is 36.6 Å². The van der Waals surface area contributed by atoms with Gasteiger partial charge in [0.05, 0.1) is 6.33 Å².